The van der Waals surface area contributed by atoms with Crippen LogP contribution in [0.5, 0.6) is 0 Å². The van der Waals surface area contributed by atoms with E-state index in [-0.39, 0.29) is 18.2 Å². The highest BCUT2D eigenvalue weighted by atomic mass is 32.2. The number of thiazole rings is 1. The number of hydrogen-bond acceptors (Lipinski definition) is 6. The number of rotatable bonds is 6. The summed E-state index contributed by atoms with van der Waals surface area (Å²) < 4.78 is 26.5. The summed E-state index contributed by atoms with van der Waals surface area (Å²) in [6.07, 6.45) is 0.514. The number of aliphatic hydroxyl groups excluding tert-OH is 1. The predicted octanol–water partition coefficient (Wildman–Crippen LogP) is 0.188. The Balaban J connectivity index is 2.05. The molecule has 0 atom stereocenters. The summed E-state index contributed by atoms with van der Waals surface area (Å²) in [7, 11) is -3.71. The van der Waals surface area contributed by atoms with E-state index >= 15 is 0 Å². The Hall–Kier alpha value is -1.29. The van der Waals surface area contributed by atoms with Gasteiger partial charge in [-0.25, -0.2) is 18.1 Å². The lowest BCUT2D eigenvalue weighted by Crippen LogP contribution is -2.27. The van der Waals surface area contributed by atoms with Crippen LogP contribution >= 0.6 is 11.3 Å². The van der Waals surface area contributed by atoms with Gasteiger partial charge in [0.25, 0.3) is 10.0 Å². The first-order valence-electron chi connectivity index (χ1n) is 5.56. The normalized spacial score (nSPS) is 11.9. The van der Waals surface area contributed by atoms with Crippen molar-refractivity contribution in [1.29, 1.82) is 0 Å². The molecule has 2 heterocycles. The monoisotopic (exact) mass is 302 g/mol. The average molecular weight is 302 g/mol. The van der Waals surface area contributed by atoms with Crippen LogP contribution in [0.4, 0.5) is 0 Å². The summed E-state index contributed by atoms with van der Waals surface area (Å²) in [5.74, 6) is 0. The van der Waals surface area contributed by atoms with Crippen LogP contribution in [0.25, 0.3) is 0 Å². The van der Waals surface area contributed by atoms with Crippen LogP contribution in [0.3, 0.4) is 0 Å². The van der Waals surface area contributed by atoms with Crippen molar-refractivity contribution in [2.45, 2.75) is 25.0 Å². The van der Waals surface area contributed by atoms with Crippen LogP contribution in [-0.4, -0.2) is 35.3 Å². The van der Waals surface area contributed by atoms with Gasteiger partial charge in [0, 0.05) is 29.6 Å². The molecular weight excluding hydrogens is 288 g/mol. The molecule has 7 nitrogen and oxygen atoms in total. The fourth-order valence-corrected chi connectivity index (χ4v) is 3.39. The van der Waals surface area contributed by atoms with E-state index in [0.717, 1.165) is 5.69 Å². The number of nitrogens with zero attached hydrogens (tertiary/aromatic N) is 2. The Morgan fingerprint density at radius 3 is 2.95 bits per heavy atom. The van der Waals surface area contributed by atoms with Gasteiger partial charge in [0.05, 0.1) is 17.8 Å². The third-order valence-corrected chi connectivity index (χ3v) is 4.67. The highest BCUT2D eigenvalue weighted by Gasteiger charge is 2.22. The molecule has 9 heteroatoms. The van der Waals surface area contributed by atoms with Crippen molar-refractivity contribution in [2.75, 3.05) is 6.54 Å². The van der Waals surface area contributed by atoms with Crippen molar-refractivity contribution in [3.05, 3.63) is 27.8 Å². The molecule has 0 aliphatic carbocycles. The minimum Gasteiger partial charge on any atom is -0.392 e. The Kier molecular flexibility index (Phi) is 4.30. The topological polar surface area (TPSA) is 108 Å². The second-order valence-corrected chi connectivity index (χ2v) is 6.32. The van der Waals surface area contributed by atoms with Crippen molar-refractivity contribution in [1.82, 2.24) is 19.9 Å². The summed E-state index contributed by atoms with van der Waals surface area (Å²) in [5.41, 5.74) is 3.38. The van der Waals surface area contributed by atoms with E-state index in [9.17, 15) is 8.42 Å². The number of sulfonamides is 1. The van der Waals surface area contributed by atoms with Crippen molar-refractivity contribution in [3.63, 3.8) is 0 Å². The van der Waals surface area contributed by atoms with E-state index in [1.165, 1.54) is 11.3 Å². The minimum absolute atomic E-state index is 0.147. The second-order valence-electron chi connectivity index (χ2n) is 3.92. The van der Waals surface area contributed by atoms with Gasteiger partial charge >= 0.3 is 0 Å². The standard InChI is InChI=1S/C10H14N4O3S2/c1-7-9(4-15)10(14-13-7)19(16,17)12-3-2-8-5-18-6-11-8/h5-6,12,15H,2-4H2,1H3,(H,13,14). The number of nitrogens with one attached hydrogen (secondary N) is 2. The van der Waals surface area contributed by atoms with Crippen molar-refractivity contribution < 1.29 is 13.5 Å². The molecule has 2 aromatic heterocycles. The molecule has 3 N–H and O–H groups in total. The zero-order valence-corrected chi connectivity index (χ0v) is 11.9. The van der Waals surface area contributed by atoms with Gasteiger partial charge < -0.3 is 5.11 Å². The molecule has 19 heavy (non-hydrogen) atoms. The van der Waals surface area contributed by atoms with Crippen LogP contribution in [0.2, 0.25) is 0 Å². The SMILES string of the molecule is Cc1[nH]nc(S(=O)(=O)NCCc2cscn2)c1CO. The van der Waals surface area contributed by atoms with E-state index in [4.69, 9.17) is 5.11 Å². The Labute approximate surface area is 114 Å². The predicted molar refractivity (Wildman–Crippen MR) is 70.3 cm³/mol. The molecule has 0 saturated heterocycles. The van der Waals surface area contributed by atoms with Crippen LogP contribution < -0.4 is 4.72 Å². The summed E-state index contributed by atoms with van der Waals surface area (Å²) in [6.45, 7) is 1.53. The Morgan fingerprint density at radius 1 is 1.53 bits per heavy atom. The highest BCUT2D eigenvalue weighted by molar-refractivity contribution is 7.89. The molecule has 0 amide bonds. The zero-order chi connectivity index (χ0) is 13.9. The minimum atomic E-state index is -3.71. The number of aromatic amines is 1. The molecular formula is C10H14N4O3S2. The molecule has 104 valence electrons. The summed E-state index contributed by atoms with van der Waals surface area (Å²) in [5, 5.41) is 17.2. The van der Waals surface area contributed by atoms with Gasteiger partial charge in [-0.05, 0) is 6.92 Å². The van der Waals surface area contributed by atoms with Crippen LogP contribution in [0, 0.1) is 6.92 Å². The number of aliphatic hydroxyl groups is 1. The lowest BCUT2D eigenvalue weighted by molar-refractivity contribution is 0.277. The summed E-state index contributed by atoms with van der Waals surface area (Å²) >= 11 is 1.46. The van der Waals surface area contributed by atoms with Crippen molar-refractivity contribution in [2.24, 2.45) is 0 Å². The maximum Gasteiger partial charge on any atom is 0.260 e. The molecule has 0 unspecified atom stereocenters. The highest BCUT2D eigenvalue weighted by Crippen LogP contribution is 2.15. The van der Waals surface area contributed by atoms with Crippen LogP contribution in [-0.2, 0) is 23.1 Å². The van der Waals surface area contributed by atoms with Crippen LogP contribution in [0.15, 0.2) is 15.9 Å². The second kappa shape index (κ2) is 5.78. The van der Waals surface area contributed by atoms with E-state index in [0.29, 0.717) is 17.7 Å². The first kappa shape index (κ1) is 14.1. The van der Waals surface area contributed by atoms with E-state index < -0.39 is 10.0 Å². The van der Waals surface area contributed by atoms with Gasteiger partial charge in [-0.15, -0.1) is 11.3 Å². The van der Waals surface area contributed by atoms with Gasteiger partial charge in [-0.2, -0.15) is 5.10 Å². The fraction of sp³-hybridized carbons (Fsp3) is 0.400. The van der Waals surface area contributed by atoms with Crippen molar-refractivity contribution in [3.8, 4) is 0 Å². The molecule has 2 rings (SSSR count). The number of H-pyrrole nitrogens is 1. The molecule has 0 bridgehead atoms. The van der Waals surface area contributed by atoms with E-state index in [1.54, 1.807) is 12.4 Å². The van der Waals surface area contributed by atoms with Crippen molar-refractivity contribution >= 4 is 21.4 Å². The largest absolute Gasteiger partial charge is 0.392 e. The molecule has 0 spiro atoms. The number of aromatic nitrogens is 3. The molecule has 0 aromatic carbocycles. The molecule has 0 aliphatic heterocycles. The average Bonchev–Trinajstić information content (AvgIpc) is 2.98. The van der Waals surface area contributed by atoms with Gasteiger partial charge in [-0.3, -0.25) is 5.10 Å². The lowest BCUT2D eigenvalue weighted by Gasteiger charge is -2.04. The van der Waals surface area contributed by atoms with E-state index in [2.05, 4.69) is 19.9 Å². The van der Waals surface area contributed by atoms with Gasteiger partial charge in [0.15, 0.2) is 5.03 Å². The van der Waals surface area contributed by atoms with Gasteiger partial charge in [-0.1, -0.05) is 0 Å². The summed E-state index contributed by atoms with van der Waals surface area (Å²) in [4.78, 5) is 4.07. The van der Waals surface area contributed by atoms with Gasteiger partial charge in [0.1, 0.15) is 0 Å². The maximum atomic E-state index is 12.0. The molecule has 0 saturated carbocycles. The number of hydrogen-bond donors (Lipinski definition) is 3. The fourth-order valence-electron chi connectivity index (χ4n) is 1.58. The quantitative estimate of drug-likeness (QED) is 0.706. The first-order chi connectivity index (χ1) is 9.04. The Morgan fingerprint density at radius 2 is 2.32 bits per heavy atom. The molecule has 0 aliphatic rings. The van der Waals surface area contributed by atoms with Crippen LogP contribution in [0.1, 0.15) is 17.0 Å². The molecule has 0 fully saturated rings. The van der Waals surface area contributed by atoms with Gasteiger partial charge in [0.2, 0.25) is 0 Å². The zero-order valence-electron chi connectivity index (χ0n) is 10.3. The van der Waals surface area contributed by atoms with E-state index in [1.807, 2.05) is 5.38 Å². The lowest BCUT2D eigenvalue weighted by atomic mass is 10.3. The molecule has 0 radical (unpaired) electrons. The molecule has 2 aromatic rings. The third kappa shape index (κ3) is 3.18. The maximum absolute atomic E-state index is 12.0. The first-order valence-corrected chi connectivity index (χ1v) is 7.98. The Bertz CT molecular complexity index is 634. The number of aryl methyl sites for hydroxylation is 1. The smallest absolute Gasteiger partial charge is 0.260 e. The third-order valence-electron chi connectivity index (χ3n) is 2.61. The summed E-state index contributed by atoms with van der Waals surface area (Å²) in [6, 6.07) is 0.